The summed E-state index contributed by atoms with van der Waals surface area (Å²) in [6.07, 6.45) is -2.39. The summed E-state index contributed by atoms with van der Waals surface area (Å²) in [6, 6.07) is 18.6. The van der Waals surface area contributed by atoms with E-state index in [9.17, 15) is 22.4 Å². The molecule has 0 bridgehead atoms. The van der Waals surface area contributed by atoms with Gasteiger partial charge in [0.25, 0.3) is 5.91 Å². The van der Waals surface area contributed by atoms with Gasteiger partial charge in [0.1, 0.15) is 36.9 Å². The van der Waals surface area contributed by atoms with Crippen molar-refractivity contribution in [1.29, 1.82) is 0 Å². The third-order valence-electron chi connectivity index (χ3n) is 6.70. The first-order chi connectivity index (χ1) is 19.2. The van der Waals surface area contributed by atoms with Crippen LogP contribution in [0.1, 0.15) is 32.7 Å². The van der Waals surface area contributed by atoms with E-state index in [1.807, 2.05) is 30.4 Å². The van der Waals surface area contributed by atoms with Gasteiger partial charge in [-0.1, -0.05) is 30.3 Å². The Labute approximate surface area is 228 Å². The Morgan fingerprint density at radius 1 is 1.00 bits per heavy atom. The predicted molar refractivity (Wildman–Crippen MR) is 143 cm³/mol. The summed E-state index contributed by atoms with van der Waals surface area (Å²) >= 11 is 0. The van der Waals surface area contributed by atoms with E-state index in [0.29, 0.717) is 26.1 Å². The molecular weight excluding hydrogens is 524 g/mol. The van der Waals surface area contributed by atoms with Gasteiger partial charge in [0.2, 0.25) is 0 Å². The minimum atomic E-state index is -4.47. The number of alkyl halides is 3. The van der Waals surface area contributed by atoms with Crippen molar-refractivity contribution in [2.75, 3.05) is 24.6 Å². The summed E-state index contributed by atoms with van der Waals surface area (Å²) in [5, 5.41) is 1.88. The molecule has 0 fully saturated rings. The minimum absolute atomic E-state index is 0.144. The number of fused-ring (bicyclic) bond motifs is 1. The van der Waals surface area contributed by atoms with E-state index in [4.69, 9.17) is 4.74 Å². The highest BCUT2D eigenvalue weighted by atomic mass is 19.4. The molecule has 5 rings (SSSR count). The lowest BCUT2D eigenvalue weighted by molar-refractivity contribution is -0.123. The molecule has 2 heterocycles. The van der Waals surface area contributed by atoms with Crippen molar-refractivity contribution >= 4 is 11.7 Å². The summed E-state index contributed by atoms with van der Waals surface area (Å²) in [5.74, 6) is 0.459. The molecule has 0 saturated carbocycles. The number of benzene rings is 3. The number of rotatable bonds is 6. The number of nitrogens with one attached hydrogen (secondary N) is 1. The van der Waals surface area contributed by atoms with Crippen molar-refractivity contribution in [1.82, 2.24) is 15.3 Å². The van der Waals surface area contributed by atoms with E-state index in [2.05, 4.69) is 14.9 Å². The van der Waals surface area contributed by atoms with Crippen LogP contribution in [0, 0.1) is 12.7 Å². The number of hydrogen-bond acceptors (Lipinski definition) is 5. The fraction of sp³-hybridized carbons (Fsp3) is 0.233. The van der Waals surface area contributed by atoms with Crippen LogP contribution >= 0.6 is 0 Å². The number of carbonyl (C=O) groups is 1. The molecule has 1 amide bonds. The van der Waals surface area contributed by atoms with Gasteiger partial charge in [-0.2, -0.15) is 13.2 Å². The Bertz CT molecular complexity index is 1510. The van der Waals surface area contributed by atoms with Crippen LogP contribution in [0.15, 0.2) is 73.1 Å². The second-order valence-corrected chi connectivity index (χ2v) is 9.53. The van der Waals surface area contributed by atoms with Gasteiger partial charge in [-0.25, -0.2) is 14.4 Å². The van der Waals surface area contributed by atoms with Crippen LogP contribution in [0.5, 0.6) is 5.75 Å². The number of hydrogen-bond donors (Lipinski definition) is 1. The Hall–Kier alpha value is -4.47. The van der Waals surface area contributed by atoms with E-state index in [0.717, 1.165) is 45.1 Å². The van der Waals surface area contributed by atoms with Crippen LogP contribution in [0.25, 0.3) is 11.1 Å². The van der Waals surface area contributed by atoms with E-state index in [1.165, 1.54) is 30.6 Å². The lowest BCUT2D eigenvalue weighted by Gasteiger charge is -2.24. The number of nitrogens with zero attached hydrogens (tertiary/aromatic N) is 3. The van der Waals surface area contributed by atoms with Gasteiger partial charge in [0.05, 0.1) is 6.54 Å². The number of aromatic nitrogens is 2. The fourth-order valence-electron chi connectivity index (χ4n) is 4.62. The zero-order valence-electron chi connectivity index (χ0n) is 21.6. The molecule has 0 aliphatic carbocycles. The van der Waals surface area contributed by atoms with Crippen LogP contribution in [-0.2, 0) is 13.0 Å². The third-order valence-corrected chi connectivity index (χ3v) is 6.70. The van der Waals surface area contributed by atoms with Crippen LogP contribution in [-0.4, -0.2) is 41.7 Å². The van der Waals surface area contributed by atoms with Crippen LogP contribution in [0.4, 0.5) is 23.4 Å². The van der Waals surface area contributed by atoms with Gasteiger partial charge < -0.3 is 15.0 Å². The average Bonchev–Trinajstić information content (AvgIpc) is 3.15. The Morgan fingerprint density at radius 2 is 1.73 bits per heavy atom. The first kappa shape index (κ1) is 27.1. The molecule has 1 aliphatic heterocycles. The lowest BCUT2D eigenvalue weighted by atomic mass is 10.0. The number of aryl methyl sites for hydroxylation is 1. The Morgan fingerprint density at radius 3 is 2.45 bits per heavy atom. The molecule has 0 radical (unpaired) electrons. The van der Waals surface area contributed by atoms with Gasteiger partial charge in [0.15, 0.2) is 0 Å². The number of carbonyl (C=O) groups excluding carboxylic acids is 1. The van der Waals surface area contributed by atoms with Gasteiger partial charge >= 0.3 is 6.18 Å². The lowest BCUT2D eigenvalue weighted by Crippen LogP contribution is -2.33. The van der Waals surface area contributed by atoms with E-state index >= 15 is 0 Å². The van der Waals surface area contributed by atoms with E-state index in [-0.39, 0.29) is 11.4 Å². The summed E-state index contributed by atoms with van der Waals surface area (Å²) in [6.45, 7) is 2.11. The molecule has 1 aromatic heterocycles. The van der Waals surface area contributed by atoms with E-state index < -0.39 is 18.6 Å². The fourth-order valence-corrected chi connectivity index (χ4v) is 4.62. The molecule has 0 saturated heterocycles. The molecule has 40 heavy (non-hydrogen) atoms. The highest BCUT2D eigenvalue weighted by Gasteiger charge is 2.28. The van der Waals surface area contributed by atoms with E-state index in [1.54, 1.807) is 24.3 Å². The molecular formula is C30H26F4N4O2. The predicted octanol–water partition coefficient (Wildman–Crippen LogP) is 5.87. The summed E-state index contributed by atoms with van der Waals surface area (Å²) in [7, 11) is 0. The molecule has 206 valence electrons. The molecule has 1 N–H and O–H groups in total. The first-order valence-corrected chi connectivity index (χ1v) is 12.7. The van der Waals surface area contributed by atoms with Crippen LogP contribution < -0.4 is 15.0 Å². The molecule has 3 aromatic carbocycles. The zero-order chi connectivity index (χ0) is 28.3. The summed E-state index contributed by atoms with van der Waals surface area (Å²) in [4.78, 5) is 23.2. The monoisotopic (exact) mass is 550 g/mol. The second kappa shape index (κ2) is 11.3. The second-order valence-electron chi connectivity index (χ2n) is 9.53. The standard InChI is InChI=1S/C30H26F4N4O2/c1-19-26(14-20-2-9-25(31)10-3-20)28(37-18-36-19)38-12-13-40-27-11-8-23(15-24(27)16-38)21-4-6-22(7-5-21)29(39)35-17-30(32,33)34/h2-11,15,18H,12-14,16-17H2,1H3,(H,35,39). The molecule has 10 heteroatoms. The van der Waals surface area contributed by atoms with Gasteiger partial charge in [-0.15, -0.1) is 0 Å². The molecule has 6 nitrogen and oxygen atoms in total. The quantitative estimate of drug-likeness (QED) is 0.304. The zero-order valence-corrected chi connectivity index (χ0v) is 21.6. The van der Waals surface area contributed by atoms with Crippen LogP contribution in [0.2, 0.25) is 0 Å². The van der Waals surface area contributed by atoms with Crippen molar-refractivity contribution in [3.05, 3.63) is 107 Å². The number of amides is 1. The Balaban J connectivity index is 1.38. The normalized spacial score (nSPS) is 13.3. The molecule has 1 aliphatic rings. The SMILES string of the molecule is Cc1ncnc(N2CCOc3ccc(-c4ccc(C(=O)NCC(F)(F)F)cc4)cc3C2)c1Cc1ccc(F)cc1. The topological polar surface area (TPSA) is 67.3 Å². The molecule has 0 atom stereocenters. The van der Waals surface area contributed by atoms with Crippen molar-refractivity contribution in [3.8, 4) is 16.9 Å². The first-order valence-electron chi connectivity index (χ1n) is 12.7. The van der Waals surface area contributed by atoms with Gasteiger partial charge in [0, 0.05) is 35.3 Å². The summed E-state index contributed by atoms with van der Waals surface area (Å²) < 4.78 is 56.7. The largest absolute Gasteiger partial charge is 0.491 e. The number of halogens is 4. The van der Waals surface area contributed by atoms with Gasteiger partial charge in [-0.3, -0.25) is 4.79 Å². The highest BCUT2D eigenvalue weighted by molar-refractivity contribution is 5.94. The number of ether oxygens (including phenoxy) is 1. The molecule has 4 aromatic rings. The van der Waals surface area contributed by atoms with Crippen molar-refractivity contribution in [2.24, 2.45) is 0 Å². The number of anilines is 1. The van der Waals surface area contributed by atoms with Gasteiger partial charge in [-0.05, 0) is 60.0 Å². The maximum absolute atomic E-state index is 13.4. The molecule has 0 unspecified atom stereocenters. The maximum Gasteiger partial charge on any atom is 0.405 e. The Kier molecular flexibility index (Phi) is 7.68. The smallest absolute Gasteiger partial charge is 0.405 e. The van der Waals surface area contributed by atoms with Crippen LogP contribution in [0.3, 0.4) is 0 Å². The van der Waals surface area contributed by atoms with Crippen molar-refractivity contribution in [3.63, 3.8) is 0 Å². The highest BCUT2D eigenvalue weighted by Crippen LogP contribution is 2.32. The average molecular weight is 551 g/mol. The summed E-state index contributed by atoms with van der Waals surface area (Å²) in [5.41, 5.74) is 5.50. The van der Waals surface area contributed by atoms with Crippen molar-refractivity contribution < 1.29 is 27.1 Å². The minimum Gasteiger partial charge on any atom is -0.491 e. The molecule has 0 spiro atoms. The maximum atomic E-state index is 13.4. The van der Waals surface area contributed by atoms with Crippen molar-refractivity contribution in [2.45, 2.75) is 26.1 Å². The third kappa shape index (κ3) is 6.39.